The molecule has 0 bridgehead atoms. The van der Waals surface area contributed by atoms with Crippen LogP contribution < -0.4 is 0 Å². The highest BCUT2D eigenvalue weighted by Gasteiger charge is 2.70. The van der Waals surface area contributed by atoms with Crippen molar-refractivity contribution in [3.05, 3.63) is 129 Å². The van der Waals surface area contributed by atoms with Gasteiger partial charge in [0.2, 0.25) is 5.78 Å². The first kappa shape index (κ1) is 52.7. The molecule has 0 radical (unpaired) electrons. The number of allylic oxidation sites excluding steroid dienone is 19. The quantitative estimate of drug-likeness (QED) is 0.105. The third-order valence-corrected chi connectivity index (χ3v) is 17.3. The van der Waals surface area contributed by atoms with E-state index in [2.05, 4.69) is 86.6 Å². The van der Waals surface area contributed by atoms with Crippen molar-refractivity contribution in [3.63, 3.8) is 0 Å². The molecule has 7 atom stereocenters. The number of carbonyl (C=O) groups is 4. The summed E-state index contributed by atoms with van der Waals surface area (Å²) in [4.78, 5) is 54.7. The van der Waals surface area contributed by atoms with Gasteiger partial charge < -0.3 is 14.6 Å². The lowest BCUT2D eigenvalue weighted by atomic mass is 9.45. The van der Waals surface area contributed by atoms with Crippen LogP contribution in [0.4, 0.5) is 0 Å². The number of Topliss-reactive ketones (excluding diaryl/α,β-unsaturated/α-hetero) is 1. The Kier molecular flexibility index (Phi) is 16.4. The summed E-state index contributed by atoms with van der Waals surface area (Å²) in [5.41, 5.74) is 7.77. The average molecular weight is 927 g/mol. The van der Waals surface area contributed by atoms with Crippen LogP contribution in [0.1, 0.15) is 167 Å². The number of aliphatic hydroxyl groups is 1. The minimum Gasteiger partial charge on any atom is -0.454 e. The van der Waals surface area contributed by atoms with Gasteiger partial charge in [-0.3, -0.25) is 9.59 Å². The normalized spacial score (nSPS) is 32.5. The van der Waals surface area contributed by atoms with Crippen LogP contribution in [0, 0.1) is 39.4 Å². The predicted molar refractivity (Wildman–Crippen MR) is 275 cm³/mol. The smallest absolute Gasteiger partial charge is 0.332 e. The molecule has 68 heavy (non-hydrogen) atoms. The minimum absolute atomic E-state index is 0.0298. The Balaban J connectivity index is 1.19. The Hall–Kier alpha value is -4.62. The second-order valence-corrected chi connectivity index (χ2v) is 23.2. The summed E-state index contributed by atoms with van der Waals surface area (Å²) in [6.07, 6.45) is 35.0. The van der Waals surface area contributed by atoms with Gasteiger partial charge in [-0.25, -0.2) is 9.59 Å². The van der Waals surface area contributed by atoms with Gasteiger partial charge in [0.05, 0.1) is 6.10 Å². The van der Waals surface area contributed by atoms with E-state index in [0.29, 0.717) is 30.4 Å². The molecule has 3 saturated carbocycles. The Morgan fingerprint density at radius 1 is 0.691 bits per heavy atom. The highest BCUT2D eigenvalue weighted by molar-refractivity contribution is 5.96. The molecule has 7 nitrogen and oxygen atoms in total. The van der Waals surface area contributed by atoms with Crippen molar-refractivity contribution in [2.75, 3.05) is 6.61 Å². The molecular formula is C61H82O7. The Morgan fingerprint density at radius 2 is 1.24 bits per heavy atom. The molecule has 6 aliphatic rings. The molecule has 368 valence electrons. The van der Waals surface area contributed by atoms with E-state index in [1.54, 1.807) is 0 Å². The van der Waals surface area contributed by atoms with E-state index in [4.69, 9.17) is 9.47 Å². The summed E-state index contributed by atoms with van der Waals surface area (Å²) in [6.45, 7) is 25.1. The molecule has 1 N–H and O–H groups in total. The summed E-state index contributed by atoms with van der Waals surface area (Å²) in [7, 11) is 0. The van der Waals surface area contributed by atoms with Crippen LogP contribution in [0.5, 0.6) is 0 Å². The van der Waals surface area contributed by atoms with E-state index < -0.39 is 41.4 Å². The zero-order valence-electron chi connectivity index (χ0n) is 43.6. The molecule has 0 spiro atoms. The summed E-state index contributed by atoms with van der Waals surface area (Å²) in [5.74, 6) is -1.68. The maximum atomic E-state index is 14.8. The summed E-state index contributed by atoms with van der Waals surface area (Å²) in [6, 6.07) is 0. The SMILES string of the molecule is CC(C=CC=C(C)/C=C/C1=C(C)CCCC1(C)C)=CC(=O)O[C@@]1(C(=O)COC(=O)/C=C(C)/C=C/C=C(C)/C=C/C2=C(C)CCCC2(C)C)CC[C@H]2[C@@H]3CCC4=CC(=O)CC[C@]4(C)[C@H]3[C@@H](O)C[C@@]21C. The lowest BCUT2D eigenvalue weighted by Crippen LogP contribution is -2.63. The zero-order valence-corrected chi connectivity index (χ0v) is 43.6. The third kappa shape index (κ3) is 11.4. The molecule has 0 saturated heterocycles. The lowest BCUT2D eigenvalue weighted by Gasteiger charge is -2.60. The number of ketones is 2. The molecule has 0 aromatic carbocycles. The van der Waals surface area contributed by atoms with Crippen molar-refractivity contribution >= 4 is 23.5 Å². The van der Waals surface area contributed by atoms with Gasteiger partial charge in [-0.1, -0.05) is 130 Å². The van der Waals surface area contributed by atoms with E-state index in [1.165, 1.54) is 60.1 Å². The Labute approximate surface area is 409 Å². The number of ether oxygens (including phenoxy) is 2. The fourth-order valence-electron chi connectivity index (χ4n) is 13.6. The first-order chi connectivity index (χ1) is 31.9. The molecule has 6 aliphatic carbocycles. The number of aliphatic hydroxyl groups excluding tert-OH is 1. The van der Waals surface area contributed by atoms with E-state index >= 15 is 0 Å². The molecule has 6 rings (SSSR count). The van der Waals surface area contributed by atoms with Gasteiger partial charge in [-0.2, -0.15) is 0 Å². The first-order valence-electron chi connectivity index (χ1n) is 25.6. The van der Waals surface area contributed by atoms with Crippen LogP contribution in [0.3, 0.4) is 0 Å². The van der Waals surface area contributed by atoms with Gasteiger partial charge >= 0.3 is 11.9 Å². The molecule has 7 heteroatoms. The molecular weight excluding hydrogens is 845 g/mol. The molecule has 0 amide bonds. The van der Waals surface area contributed by atoms with Crippen LogP contribution in [0.2, 0.25) is 0 Å². The van der Waals surface area contributed by atoms with Crippen molar-refractivity contribution < 1.29 is 33.8 Å². The van der Waals surface area contributed by atoms with Crippen LogP contribution in [0.15, 0.2) is 129 Å². The summed E-state index contributed by atoms with van der Waals surface area (Å²) < 4.78 is 12.2. The number of esters is 2. The topological polar surface area (TPSA) is 107 Å². The molecule has 0 aromatic heterocycles. The predicted octanol–water partition coefficient (Wildman–Crippen LogP) is 13.9. The number of hydrogen-bond donors (Lipinski definition) is 1. The van der Waals surface area contributed by atoms with E-state index in [-0.39, 0.29) is 52.6 Å². The number of hydrogen-bond acceptors (Lipinski definition) is 7. The van der Waals surface area contributed by atoms with Crippen LogP contribution in [0.25, 0.3) is 0 Å². The molecule has 0 heterocycles. The van der Waals surface area contributed by atoms with Crippen molar-refractivity contribution in [1.82, 2.24) is 0 Å². The Morgan fingerprint density at radius 3 is 1.78 bits per heavy atom. The maximum Gasteiger partial charge on any atom is 0.332 e. The Bertz CT molecular complexity index is 2360. The van der Waals surface area contributed by atoms with Crippen LogP contribution in [-0.4, -0.2) is 46.9 Å². The summed E-state index contributed by atoms with van der Waals surface area (Å²) >= 11 is 0. The standard InChI is InChI=1S/C61H82O7/c1-40(23-27-49-44(5)21-15-31-57(49,7)8)17-13-19-42(3)35-54(65)67-39-53(64)61(68-55(66)36-43(4)20-14-18-41(2)24-28-50-45(6)22-16-32-58(50,9)10)34-30-51-48-26-25-46-37-47(62)29-33-59(46,11)56(48)52(63)38-60(51,61)12/h13-14,17-20,23-24,27-28,35-37,48,51-52,56,63H,15-16,21-22,25-26,29-34,38-39H2,1-12H3/b19-13+,20-14?,27-23+,28-24+,40-17+,41-18?,42-35+,43-36?/t48-,51-,52-,56+,59-,60-,61+/m0/s1. The number of rotatable bonds is 14. The fraction of sp³-hybridized carbons (Fsp3) is 0.574. The van der Waals surface area contributed by atoms with Crippen LogP contribution in [-0.2, 0) is 28.7 Å². The largest absolute Gasteiger partial charge is 0.454 e. The lowest BCUT2D eigenvalue weighted by molar-refractivity contribution is -0.200. The maximum absolute atomic E-state index is 14.8. The van der Waals surface area contributed by atoms with Crippen LogP contribution >= 0.6 is 0 Å². The summed E-state index contributed by atoms with van der Waals surface area (Å²) in [5, 5.41) is 12.2. The van der Waals surface area contributed by atoms with Gasteiger partial charge in [-0.15, -0.1) is 0 Å². The highest BCUT2D eigenvalue weighted by Crippen LogP contribution is 2.68. The van der Waals surface area contributed by atoms with Gasteiger partial charge in [0.15, 0.2) is 18.0 Å². The van der Waals surface area contributed by atoms with Crippen molar-refractivity contribution in [2.45, 2.75) is 178 Å². The van der Waals surface area contributed by atoms with E-state index in [0.717, 1.165) is 42.4 Å². The van der Waals surface area contributed by atoms with E-state index in [1.807, 2.05) is 63.3 Å². The zero-order chi connectivity index (χ0) is 49.8. The fourth-order valence-corrected chi connectivity index (χ4v) is 13.6. The van der Waals surface area contributed by atoms with Crippen molar-refractivity contribution in [1.29, 1.82) is 0 Å². The number of carbonyl (C=O) groups excluding carboxylic acids is 4. The van der Waals surface area contributed by atoms with E-state index in [9.17, 15) is 24.3 Å². The average Bonchev–Trinajstić information content (AvgIpc) is 3.53. The molecule has 0 aromatic rings. The van der Waals surface area contributed by atoms with Gasteiger partial charge in [0, 0.05) is 24.0 Å². The second kappa shape index (κ2) is 21.2. The van der Waals surface area contributed by atoms with Gasteiger partial charge in [0.1, 0.15) is 0 Å². The van der Waals surface area contributed by atoms with Crippen molar-refractivity contribution in [2.24, 2.45) is 39.4 Å². The second-order valence-electron chi connectivity index (χ2n) is 23.2. The number of fused-ring (bicyclic) bond motifs is 5. The highest BCUT2D eigenvalue weighted by atomic mass is 16.6. The molecule has 0 aliphatic heterocycles. The first-order valence-corrected chi connectivity index (χ1v) is 25.6. The van der Waals surface area contributed by atoms with Crippen molar-refractivity contribution in [3.8, 4) is 0 Å². The molecule has 0 unspecified atom stereocenters. The van der Waals surface area contributed by atoms with Gasteiger partial charge in [-0.05, 0) is 181 Å². The third-order valence-electron chi connectivity index (χ3n) is 17.3. The van der Waals surface area contributed by atoms with Gasteiger partial charge in [0.25, 0.3) is 0 Å². The monoisotopic (exact) mass is 927 g/mol. The molecule has 3 fully saturated rings. The minimum atomic E-state index is -1.63.